The molecule has 0 amide bonds. The fourth-order valence-corrected chi connectivity index (χ4v) is 1.34. The van der Waals surface area contributed by atoms with Crippen LogP contribution in [0.4, 0.5) is 0 Å². The Morgan fingerprint density at radius 3 is 2.22 bits per heavy atom. The molecule has 1 atom stereocenters. The summed E-state index contributed by atoms with van der Waals surface area (Å²) in [5.74, 6) is 0.995. The maximum Gasteiger partial charge on any atom is 0.0269 e. The molecular weight excluding hydrogens is 218 g/mol. The molecule has 0 aliphatic carbocycles. The minimum Gasteiger partial charge on any atom is -0.265 e. The van der Waals surface area contributed by atoms with Crippen molar-refractivity contribution in [2.24, 2.45) is 16.8 Å². The van der Waals surface area contributed by atoms with Gasteiger partial charge < -0.3 is 0 Å². The second kappa shape index (κ2) is 8.68. The van der Waals surface area contributed by atoms with Crippen molar-refractivity contribution in [3.8, 4) is 0 Å². The van der Waals surface area contributed by atoms with E-state index in [4.69, 9.17) is 0 Å². The summed E-state index contributed by atoms with van der Waals surface area (Å²) < 4.78 is 0. The molecule has 0 aliphatic rings. The first-order chi connectivity index (χ1) is 8.38. The molecule has 0 aliphatic heterocycles. The van der Waals surface area contributed by atoms with Gasteiger partial charge in [0, 0.05) is 17.8 Å². The van der Waals surface area contributed by atoms with Crippen molar-refractivity contribution in [1.29, 1.82) is 0 Å². The van der Waals surface area contributed by atoms with E-state index in [-0.39, 0.29) is 0 Å². The van der Waals surface area contributed by atoms with E-state index in [1.54, 1.807) is 6.08 Å². The molecule has 0 rings (SSSR count). The smallest absolute Gasteiger partial charge is 0.0269 e. The molecule has 0 aromatic heterocycles. The zero-order valence-electron chi connectivity index (χ0n) is 12.7. The van der Waals surface area contributed by atoms with Gasteiger partial charge in [-0.1, -0.05) is 51.2 Å². The third-order valence-corrected chi connectivity index (χ3v) is 3.08. The summed E-state index contributed by atoms with van der Waals surface area (Å²) in [6, 6.07) is 0. The van der Waals surface area contributed by atoms with E-state index in [0.717, 1.165) is 11.3 Å². The summed E-state index contributed by atoms with van der Waals surface area (Å²) in [6.45, 7) is 16.6. The van der Waals surface area contributed by atoms with Gasteiger partial charge in [-0.15, -0.1) is 0 Å². The van der Waals surface area contributed by atoms with Crippen molar-refractivity contribution >= 4 is 5.71 Å². The van der Waals surface area contributed by atoms with Crippen LogP contribution in [0.2, 0.25) is 0 Å². The second-order valence-corrected chi connectivity index (χ2v) is 5.09. The van der Waals surface area contributed by atoms with Gasteiger partial charge in [0.05, 0.1) is 0 Å². The van der Waals surface area contributed by atoms with Crippen LogP contribution in [0.15, 0.2) is 53.2 Å². The molecule has 0 bridgehead atoms. The van der Waals surface area contributed by atoms with E-state index in [1.807, 2.05) is 25.3 Å². The van der Waals surface area contributed by atoms with Gasteiger partial charge in [-0.2, -0.15) is 0 Å². The second-order valence-electron chi connectivity index (χ2n) is 5.09. The van der Waals surface area contributed by atoms with E-state index in [2.05, 4.69) is 52.3 Å². The predicted molar refractivity (Wildman–Crippen MR) is 84.0 cm³/mol. The minimum atomic E-state index is 0.390. The largest absolute Gasteiger partial charge is 0.265 e. The van der Waals surface area contributed by atoms with Crippen LogP contribution in [0.25, 0.3) is 0 Å². The Balaban J connectivity index is 4.65. The molecule has 1 heteroatoms. The first kappa shape index (κ1) is 16.6. The van der Waals surface area contributed by atoms with Gasteiger partial charge >= 0.3 is 0 Å². The van der Waals surface area contributed by atoms with E-state index < -0.39 is 0 Å². The molecule has 0 aromatic carbocycles. The normalized spacial score (nSPS) is 16.5. The number of rotatable bonds is 6. The molecule has 0 N–H and O–H groups in total. The maximum atomic E-state index is 4.48. The van der Waals surface area contributed by atoms with Gasteiger partial charge in [0.25, 0.3) is 0 Å². The Morgan fingerprint density at radius 1 is 1.11 bits per heavy atom. The number of hydrogen-bond donors (Lipinski definition) is 0. The highest BCUT2D eigenvalue weighted by Crippen LogP contribution is 2.13. The zero-order valence-corrected chi connectivity index (χ0v) is 12.7. The number of hydrogen-bond acceptors (Lipinski definition) is 1. The van der Waals surface area contributed by atoms with Crippen molar-refractivity contribution in [3.05, 3.63) is 48.2 Å². The van der Waals surface area contributed by atoms with E-state index in [9.17, 15) is 0 Å². The Bertz CT molecular complexity index is 378. The summed E-state index contributed by atoms with van der Waals surface area (Å²) >= 11 is 0. The van der Waals surface area contributed by atoms with Gasteiger partial charge in [-0.3, -0.25) is 4.99 Å². The van der Waals surface area contributed by atoms with Gasteiger partial charge in [0.1, 0.15) is 0 Å². The summed E-state index contributed by atoms with van der Waals surface area (Å²) in [6.07, 6.45) is 9.90. The molecular formula is C17H27N. The topological polar surface area (TPSA) is 12.4 Å². The quantitative estimate of drug-likeness (QED) is 0.340. The molecule has 0 saturated heterocycles. The van der Waals surface area contributed by atoms with E-state index >= 15 is 0 Å². The lowest BCUT2D eigenvalue weighted by molar-refractivity contribution is 0.754. The lowest BCUT2D eigenvalue weighted by Gasteiger charge is -2.10. The van der Waals surface area contributed by atoms with Crippen molar-refractivity contribution in [1.82, 2.24) is 0 Å². The zero-order chi connectivity index (χ0) is 14.1. The number of aliphatic imine (C=N–C) groups is 1. The lowest BCUT2D eigenvalue weighted by Crippen LogP contribution is -2.05. The summed E-state index contributed by atoms with van der Waals surface area (Å²) in [5.41, 5.74) is 3.71. The Labute approximate surface area is 113 Å². The average molecular weight is 245 g/mol. The predicted octanol–water partition coefficient (Wildman–Crippen LogP) is 5.33. The van der Waals surface area contributed by atoms with Crippen LogP contribution in [0.3, 0.4) is 0 Å². The maximum absolute atomic E-state index is 4.48. The van der Waals surface area contributed by atoms with Gasteiger partial charge in [0.15, 0.2) is 0 Å². The summed E-state index contributed by atoms with van der Waals surface area (Å²) in [4.78, 5) is 4.48. The van der Waals surface area contributed by atoms with E-state index in [0.29, 0.717) is 11.8 Å². The molecule has 0 fully saturated rings. The van der Waals surface area contributed by atoms with Crippen molar-refractivity contribution in [2.45, 2.75) is 41.5 Å². The first-order valence-corrected chi connectivity index (χ1v) is 6.57. The third-order valence-electron chi connectivity index (χ3n) is 3.08. The molecule has 0 radical (unpaired) electrons. The summed E-state index contributed by atoms with van der Waals surface area (Å²) in [7, 11) is 0. The fourth-order valence-electron chi connectivity index (χ4n) is 1.34. The van der Waals surface area contributed by atoms with Crippen LogP contribution >= 0.6 is 0 Å². The van der Waals surface area contributed by atoms with Crippen LogP contribution in [-0.2, 0) is 0 Å². The highest BCUT2D eigenvalue weighted by Gasteiger charge is 2.04. The monoisotopic (exact) mass is 245 g/mol. The summed E-state index contributed by atoms with van der Waals surface area (Å²) in [5, 5.41) is 0. The Hall–Kier alpha value is -1.37. The third kappa shape index (κ3) is 7.05. The molecule has 18 heavy (non-hydrogen) atoms. The number of nitrogens with zero attached hydrogens (tertiary/aromatic N) is 1. The van der Waals surface area contributed by atoms with Crippen LogP contribution in [-0.4, -0.2) is 5.71 Å². The highest BCUT2D eigenvalue weighted by molar-refractivity contribution is 5.86. The SMILES string of the molecule is C=C/C=C(C)/C=C\N=C(\C)[C@H](C)/C=C(\C)C(C)C. The first-order valence-electron chi connectivity index (χ1n) is 6.57. The molecule has 0 saturated carbocycles. The van der Waals surface area contributed by atoms with Crippen molar-refractivity contribution in [3.63, 3.8) is 0 Å². The van der Waals surface area contributed by atoms with Crippen LogP contribution in [0, 0.1) is 11.8 Å². The van der Waals surface area contributed by atoms with Crippen LogP contribution in [0.1, 0.15) is 41.5 Å². The van der Waals surface area contributed by atoms with Gasteiger partial charge in [-0.05, 0) is 38.3 Å². The molecule has 0 spiro atoms. The highest BCUT2D eigenvalue weighted by atomic mass is 14.7. The molecule has 0 aromatic rings. The average Bonchev–Trinajstić information content (AvgIpc) is 2.28. The van der Waals surface area contributed by atoms with Crippen LogP contribution in [0.5, 0.6) is 0 Å². The van der Waals surface area contributed by atoms with Gasteiger partial charge in [0.2, 0.25) is 0 Å². The standard InChI is InChI=1S/C17H27N/c1-8-9-14(4)10-11-18-17(7)16(6)12-15(5)13(2)3/h8-13,16H,1H2,2-7H3/b11-10-,14-9+,15-12+,18-17-/t16-/m1/s1. The minimum absolute atomic E-state index is 0.390. The van der Waals surface area contributed by atoms with Crippen LogP contribution < -0.4 is 0 Å². The molecule has 1 nitrogen and oxygen atoms in total. The molecule has 100 valence electrons. The Kier molecular flexibility index (Phi) is 8.02. The number of allylic oxidation sites excluding steroid dienone is 6. The van der Waals surface area contributed by atoms with Crippen molar-refractivity contribution < 1.29 is 0 Å². The molecule has 0 heterocycles. The molecule has 0 unspecified atom stereocenters. The van der Waals surface area contributed by atoms with Crippen molar-refractivity contribution in [2.75, 3.05) is 0 Å². The van der Waals surface area contributed by atoms with E-state index in [1.165, 1.54) is 5.57 Å². The van der Waals surface area contributed by atoms with Gasteiger partial charge in [-0.25, -0.2) is 0 Å². The fraction of sp³-hybridized carbons (Fsp3) is 0.471. The lowest BCUT2D eigenvalue weighted by atomic mass is 9.98. The Morgan fingerprint density at radius 2 is 1.72 bits per heavy atom.